The van der Waals surface area contributed by atoms with Crippen molar-refractivity contribution in [3.63, 3.8) is 0 Å². The first-order chi connectivity index (χ1) is 9.22. The maximum absolute atomic E-state index is 5.83. The molecule has 3 nitrogen and oxygen atoms in total. The van der Waals surface area contributed by atoms with Crippen LogP contribution in [-0.4, -0.2) is 7.11 Å². The molecule has 19 heavy (non-hydrogen) atoms. The van der Waals surface area contributed by atoms with Crippen LogP contribution in [0.4, 0.5) is 0 Å². The number of hydrogen-bond donors (Lipinski definition) is 1. The number of aryl methyl sites for hydroxylation is 1. The Morgan fingerprint density at radius 1 is 1.00 bits per heavy atom. The van der Waals surface area contributed by atoms with Crippen LogP contribution in [0.2, 0.25) is 0 Å². The van der Waals surface area contributed by atoms with Crippen molar-refractivity contribution < 1.29 is 9.47 Å². The highest BCUT2D eigenvalue weighted by Crippen LogP contribution is 2.28. The fourth-order valence-electron chi connectivity index (χ4n) is 1.92. The third-order valence-corrected chi connectivity index (χ3v) is 2.94. The van der Waals surface area contributed by atoms with Crippen molar-refractivity contribution in [3.8, 4) is 11.5 Å². The lowest BCUT2D eigenvalue weighted by atomic mass is 10.1. The largest absolute Gasteiger partial charge is 0.493 e. The molecule has 0 fully saturated rings. The van der Waals surface area contributed by atoms with Gasteiger partial charge in [0, 0.05) is 6.54 Å². The fraction of sp³-hybridized carbons (Fsp3) is 0.250. The maximum atomic E-state index is 5.83. The predicted molar refractivity (Wildman–Crippen MR) is 76.4 cm³/mol. The molecule has 0 aliphatic rings. The van der Waals surface area contributed by atoms with Crippen LogP contribution in [0.25, 0.3) is 0 Å². The first-order valence-electron chi connectivity index (χ1n) is 6.28. The first kappa shape index (κ1) is 13.4. The van der Waals surface area contributed by atoms with Gasteiger partial charge in [0.1, 0.15) is 6.61 Å². The minimum absolute atomic E-state index is 0.491. The summed E-state index contributed by atoms with van der Waals surface area (Å²) in [5.74, 6) is 1.46. The Labute approximate surface area is 114 Å². The average molecular weight is 257 g/mol. The van der Waals surface area contributed by atoms with Crippen LogP contribution in [0.15, 0.2) is 42.5 Å². The van der Waals surface area contributed by atoms with Crippen LogP contribution in [0.5, 0.6) is 11.5 Å². The third-order valence-electron chi connectivity index (χ3n) is 2.94. The van der Waals surface area contributed by atoms with E-state index in [0.29, 0.717) is 13.2 Å². The molecule has 0 unspecified atom stereocenters. The van der Waals surface area contributed by atoms with Gasteiger partial charge in [-0.2, -0.15) is 0 Å². The van der Waals surface area contributed by atoms with E-state index in [4.69, 9.17) is 15.2 Å². The van der Waals surface area contributed by atoms with E-state index in [1.54, 1.807) is 7.11 Å². The minimum Gasteiger partial charge on any atom is -0.493 e. The molecule has 0 aromatic heterocycles. The van der Waals surface area contributed by atoms with Crippen LogP contribution < -0.4 is 15.2 Å². The van der Waals surface area contributed by atoms with E-state index in [9.17, 15) is 0 Å². The summed E-state index contributed by atoms with van der Waals surface area (Å²) in [4.78, 5) is 0. The Bertz CT molecular complexity index is 552. The maximum Gasteiger partial charge on any atom is 0.161 e. The van der Waals surface area contributed by atoms with Gasteiger partial charge < -0.3 is 15.2 Å². The molecule has 2 aromatic rings. The molecule has 2 rings (SSSR count). The smallest absolute Gasteiger partial charge is 0.161 e. The van der Waals surface area contributed by atoms with E-state index >= 15 is 0 Å². The Hall–Kier alpha value is -2.00. The van der Waals surface area contributed by atoms with Crippen molar-refractivity contribution in [1.29, 1.82) is 0 Å². The van der Waals surface area contributed by atoms with Crippen molar-refractivity contribution in [3.05, 3.63) is 59.2 Å². The molecule has 0 amide bonds. The Kier molecular flexibility index (Phi) is 4.42. The molecule has 3 heteroatoms. The highest BCUT2D eigenvalue weighted by atomic mass is 16.5. The van der Waals surface area contributed by atoms with Crippen molar-refractivity contribution in [2.45, 2.75) is 20.1 Å². The molecular weight excluding hydrogens is 238 g/mol. The van der Waals surface area contributed by atoms with Gasteiger partial charge in [0.15, 0.2) is 11.5 Å². The van der Waals surface area contributed by atoms with Gasteiger partial charge in [-0.15, -0.1) is 0 Å². The van der Waals surface area contributed by atoms with Gasteiger partial charge in [-0.3, -0.25) is 0 Å². The summed E-state index contributed by atoms with van der Waals surface area (Å²) in [5.41, 5.74) is 9.03. The van der Waals surface area contributed by atoms with Gasteiger partial charge in [0.05, 0.1) is 7.11 Å². The predicted octanol–water partition coefficient (Wildman–Crippen LogP) is 3.04. The number of benzene rings is 2. The first-order valence-corrected chi connectivity index (χ1v) is 6.28. The summed E-state index contributed by atoms with van der Waals surface area (Å²) in [6.07, 6.45) is 0. The second-order valence-electron chi connectivity index (χ2n) is 4.47. The molecule has 0 bridgehead atoms. The zero-order chi connectivity index (χ0) is 13.7. The Morgan fingerprint density at radius 3 is 2.53 bits per heavy atom. The van der Waals surface area contributed by atoms with Gasteiger partial charge in [0.25, 0.3) is 0 Å². The van der Waals surface area contributed by atoms with E-state index in [-0.39, 0.29) is 0 Å². The standard InChI is InChI=1S/C16H19NO2/c1-12-4-3-5-14(8-12)11-19-16-9-13(10-17)6-7-15(16)18-2/h3-9H,10-11,17H2,1-2H3. The molecule has 0 aliphatic carbocycles. The second kappa shape index (κ2) is 6.25. The summed E-state index contributed by atoms with van der Waals surface area (Å²) in [6, 6.07) is 14.0. The van der Waals surface area contributed by atoms with Gasteiger partial charge in [-0.1, -0.05) is 35.9 Å². The molecule has 0 radical (unpaired) electrons. The third kappa shape index (κ3) is 3.48. The molecular formula is C16H19NO2. The lowest BCUT2D eigenvalue weighted by molar-refractivity contribution is 0.284. The van der Waals surface area contributed by atoms with Gasteiger partial charge in [0.2, 0.25) is 0 Å². The van der Waals surface area contributed by atoms with Crippen LogP contribution in [0.3, 0.4) is 0 Å². The monoisotopic (exact) mass is 257 g/mol. The number of hydrogen-bond acceptors (Lipinski definition) is 3. The lowest BCUT2D eigenvalue weighted by Crippen LogP contribution is -2.01. The van der Waals surface area contributed by atoms with Crippen molar-refractivity contribution >= 4 is 0 Å². The number of nitrogens with two attached hydrogens (primary N) is 1. The molecule has 0 saturated carbocycles. The van der Waals surface area contributed by atoms with Crippen LogP contribution in [-0.2, 0) is 13.2 Å². The van der Waals surface area contributed by atoms with E-state index < -0.39 is 0 Å². The van der Waals surface area contributed by atoms with Crippen molar-refractivity contribution in [2.75, 3.05) is 7.11 Å². The van der Waals surface area contributed by atoms with Crippen LogP contribution >= 0.6 is 0 Å². The van der Waals surface area contributed by atoms with Gasteiger partial charge in [-0.05, 0) is 30.2 Å². The fourth-order valence-corrected chi connectivity index (χ4v) is 1.92. The van der Waals surface area contributed by atoms with E-state index in [0.717, 1.165) is 22.6 Å². The van der Waals surface area contributed by atoms with Gasteiger partial charge >= 0.3 is 0 Å². The summed E-state index contributed by atoms with van der Waals surface area (Å²) >= 11 is 0. The Morgan fingerprint density at radius 2 is 1.84 bits per heavy atom. The average Bonchev–Trinajstić information content (AvgIpc) is 2.45. The number of methoxy groups -OCH3 is 1. The zero-order valence-corrected chi connectivity index (χ0v) is 11.3. The minimum atomic E-state index is 0.491. The normalized spacial score (nSPS) is 10.3. The molecule has 0 heterocycles. The summed E-state index contributed by atoms with van der Waals surface area (Å²) in [7, 11) is 1.64. The molecule has 0 spiro atoms. The summed E-state index contributed by atoms with van der Waals surface area (Å²) in [6.45, 7) is 3.08. The highest BCUT2D eigenvalue weighted by Gasteiger charge is 2.05. The molecule has 0 saturated heterocycles. The summed E-state index contributed by atoms with van der Waals surface area (Å²) < 4.78 is 11.1. The lowest BCUT2D eigenvalue weighted by Gasteiger charge is -2.12. The molecule has 2 aromatic carbocycles. The zero-order valence-electron chi connectivity index (χ0n) is 11.3. The molecule has 0 atom stereocenters. The van der Waals surface area contributed by atoms with Crippen molar-refractivity contribution in [2.24, 2.45) is 5.73 Å². The summed E-state index contributed by atoms with van der Waals surface area (Å²) in [5, 5.41) is 0. The van der Waals surface area contributed by atoms with E-state index in [2.05, 4.69) is 19.1 Å². The quantitative estimate of drug-likeness (QED) is 0.895. The molecule has 2 N–H and O–H groups in total. The topological polar surface area (TPSA) is 44.5 Å². The van der Waals surface area contributed by atoms with Crippen LogP contribution in [0, 0.1) is 6.92 Å². The van der Waals surface area contributed by atoms with Crippen LogP contribution in [0.1, 0.15) is 16.7 Å². The Balaban J connectivity index is 2.14. The molecule has 0 aliphatic heterocycles. The van der Waals surface area contributed by atoms with E-state index in [1.165, 1.54) is 5.56 Å². The second-order valence-corrected chi connectivity index (χ2v) is 4.47. The highest BCUT2D eigenvalue weighted by molar-refractivity contribution is 5.43. The SMILES string of the molecule is COc1ccc(CN)cc1OCc1cccc(C)c1. The van der Waals surface area contributed by atoms with E-state index in [1.807, 2.05) is 30.3 Å². The molecule has 100 valence electrons. The van der Waals surface area contributed by atoms with Gasteiger partial charge in [-0.25, -0.2) is 0 Å². The van der Waals surface area contributed by atoms with Crippen molar-refractivity contribution in [1.82, 2.24) is 0 Å². The number of rotatable bonds is 5. The number of ether oxygens (including phenoxy) is 2.